The molecule has 0 radical (unpaired) electrons. The lowest BCUT2D eigenvalue weighted by Gasteiger charge is -2.42. The fourth-order valence-corrected chi connectivity index (χ4v) is 3.10. The van der Waals surface area contributed by atoms with Crippen LogP contribution in [0.1, 0.15) is 62.0 Å². The molecule has 1 aliphatic carbocycles. The Balaban J connectivity index is 2.74. The molecule has 2 heteroatoms. The van der Waals surface area contributed by atoms with Gasteiger partial charge in [0.25, 0.3) is 0 Å². The summed E-state index contributed by atoms with van der Waals surface area (Å²) in [7, 11) is 3.99. The van der Waals surface area contributed by atoms with Crippen LogP contribution in [0, 0.1) is 0 Å². The Morgan fingerprint density at radius 1 is 1.00 bits per heavy atom. The third kappa shape index (κ3) is 2.29. The molecule has 0 fully saturated rings. The second kappa shape index (κ2) is 4.36. The largest absolute Gasteiger partial charge is 0.377 e. The lowest BCUT2D eigenvalue weighted by molar-refractivity contribution is 0.112. The van der Waals surface area contributed by atoms with Crippen molar-refractivity contribution in [3.63, 3.8) is 0 Å². The topological polar surface area (TPSA) is 20.3 Å². The zero-order chi connectivity index (χ0) is 14.4. The summed E-state index contributed by atoms with van der Waals surface area (Å²) >= 11 is 0. The van der Waals surface area contributed by atoms with E-state index in [1.54, 1.807) is 0 Å². The highest BCUT2D eigenvalue weighted by Gasteiger charge is 2.37. The number of fused-ring (bicyclic) bond motifs is 1. The molecule has 0 amide bonds. The first kappa shape index (κ1) is 14.1. The molecule has 19 heavy (non-hydrogen) atoms. The third-order valence-corrected chi connectivity index (χ3v) is 4.61. The molecular weight excluding hydrogens is 234 g/mol. The average Bonchev–Trinajstić information content (AvgIpc) is 2.33. The van der Waals surface area contributed by atoms with Gasteiger partial charge in [-0.2, -0.15) is 0 Å². The maximum atomic E-state index is 11.4. The normalized spacial score (nSPS) is 19.7. The molecule has 0 heterocycles. The second-order valence-corrected chi connectivity index (χ2v) is 7.24. The Kier molecular flexibility index (Phi) is 3.24. The van der Waals surface area contributed by atoms with Gasteiger partial charge in [-0.25, -0.2) is 0 Å². The van der Waals surface area contributed by atoms with Gasteiger partial charge in [-0.3, -0.25) is 4.79 Å². The fourth-order valence-electron chi connectivity index (χ4n) is 3.10. The molecule has 0 saturated heterocycles. The van der Waals surface area contributed by atoms with E-state index in [1.807, 2.05) is 19.0 Å². The molecule has 0 saturated carbocycles. The van der Waals surface area contributed by atoms with E-state index in [2.05, 4.69) is 39.8 Å². The highest BCUT2D eigenvalue weighted by Crippen LogP contribution is 2.47. The van der Waals surface area contributed by atoms with Crippen molar-refractivity contribution in [2.24, 2.45) is 0 Å². The van der Waals surface area contributed by atoms with E-state index in [0.717, 1.165) is 17.5 Å². The van der Waals surface area contributed by atoms with Crippen LogP contribution in [0.5, 0.6) is 0 Å². The SMILES string of the molecule is CN(C)c1cc2c(cc1C=O)C(C)(C)CCC2(C)C. The molecule has 0 aromatic heterocycles. The first-order chi connectivity index (χ1) is 8.69. The zero-order valence-electron chi connectivity index (χ0n) is 13.0. The van der Waals surface area contributed by atoms with Crippen LogP contribution in [0.3, 0.4) is 0 Å². The van der Waals surface area contributed by atoms with E-state index in [4.69, 9.17) is 0 Å². The summed E-state index contributed by atoms with van der Waals surface area (Å²) in [6.07, 6.45) is 3.35. The highest BCUT2D eigenvalue weighted by molar-refractivity contribution is 5.85. The number of rotatable bonds is 2. The summed E-state index contributed by atoms with van der Waals surface area (Å²) in [6, 6.07) is 4.33. The number of anilines is 1. The number of carbonyl (C=O) groups excluding carboxylic acids is 1. The van der Waals surface area contributed by atoms with Crippen molar-refractivity contribution < 1.29 is 4.79 Å². The first-order valence-corrected chi connectivity index (χ1v) is 7.00. The van der Waals surface area contributed by atoms with Crippen molar-refractivity contribution in [2.75, 3.05) is 19.0 Å². The van der Waals surface area contributed by atoms with Crippen LogP contribution in [0.15, 0.2) is 12.1 Å². The fraction of sp³-hybridized carbons (Fsp3) is 0.588. The summed E-state index contributed by atoms with van der Waals surface area (Å²) in [5, 5.41) is 0. The monoisotopic (exact) mass is 259 g/mol. The van der Waals surface area contributed by atoms with Crippen LogP contribution in [-0.4, -0.2) is 20.4 Å². The van der Waals surface area contributed by atoms with Crippen molar-refractivity contribution in [1.29, 1.82) is 0 Å². The van der Waals surface area contributed by atoms with Gasteiger partial charge in [-0.15, -0.1) is 0 Å². The number of nitrogens with zero attached hydrogens (tertiary/aromatic N) is 1. The van der Waals surface area contributed by atoms with Crippen molar-refractivity contribution >= 4 is 12.0 Å². The van der Waals surface area contributed by atoms with Crippen molar-refractivity contribution in [2.45, 2.75) is 51.4 Å². The maximum Gasteiger partial charge on any atom is 0.152 e. The maximum absolute atomic E-state index is 11.4. The molecule has 0 unspecified atom stereocenters. The number of aldehydes is 1. The summed E-state index contributed by atoms with van der Waals surface area (Å²) in [4.78, 5) is 13.4. The minimum absolute atomic E-state index is 0.160. The van der Waals surface area contributed by atoms with Gasteiger partial charge < -0.3 is 4.90 Å². The summed E-state index contributed by atoms with van der Waals surface area (Å²) in [5.74, 6) is 0. The molecule has 2 nitrogen and oxygen atoms in total. The summed E-state index contributed by atoms with van der Waals surface area (Å²) < 4.78 is 0. The van der Waals surface area contributed by atoms with Gasteiger partial charge in [0.05, 0.1) is 0 Å². The molecule has 1 aliphatic rings. The summed E-state index contributed by atoms with van der Waals surface area (Å²) in [5.41, 5.74) is 4.92. The quantitative estimate of drug-likeness (QED) is 0.750. The Bertz CT molecular complexity index is 512. The van der Waals surface area contributed by atoms with Crippen LogP contribution >= 0.6 is 0 Å². The lowest BCUT2D eigenvalue weighted by atomic mass is 9.63. The number of hydrogen-bond donors (Lipinski definition) is 0. The Labute approximate surface area is 116 Å². The molecule has 2 rings (SSSR count). The molecule has 0 bridgehead atoms. The molecule has 0 aliphatic heterocycles. The number of carbonyl (C=O) groups is 1. The van der Waals surface area contributed by atoms with Gasteiger partial charge in [0, 0.05) is 25.3 Å². The molecule has 0 N–H and O–H groups in total. The smallest absolute Gasteiger partial charge is 0.152 e. The number of benzene rings is 1. The predicted octanol–water partition coefficient (Wildman–Crippen LogP) is 3.91. The Morgan fingerprint density at radius 3 is 1.89 bits per heavy atom. The Morgan fingerprint density at radius 2 is 1.47 bits per heavy atom. The van der Waals surface area contributed by atoms with E-state index in [1.165, 1.54) is 24.0 Å². The molecule has 1 aromatic rings. The van der Waals surface area contributed by atoms with Gasteiger partial charge in [0.1, 0.15) is 0 Å². The highest BCUT2D eigenvalue weighted by atomic mass is 16.1. The van der Waals surface area contributed by atoms with Crippen molar-refractivity contribution in [1.82, 2.24) is 0 Å². The van der Waals surface area contributed by atoms with Gasteiger partial charge in [-0.1, -0.05) is 27.7 Å². The minimum Gasteiger partial charge on any atom is -0.377 e. The van der Waals surface area contributed by atoms with Crippen LogP contribution in [0.25, 0.3) is 0 Å². The third-order valence-electron chi connectivity index (χ3n) is 4.61. The van der Waals surface area contributed by atoms with E-state index in [9.17, 15) is 4.79 Å². The van der Waals surface area contributed by atoms with E-state index < -0.39 is 0 Å². The van der Waals surface area contributed by atoms with Crippen LogP contribution in [0.4, 0.5) is 5.69 Å². The van der Waals surface area contributed by atoms with Crippen molar-refractivity contribution in [3.8, 4) is 0 Å². The molecule has 0 spiro atoms. The predicted molar refractivity (Wildman–Crippen MR) is 81.4 cm³/mol. The average molecular weight is 259 g/mol. The standard InChI is InChI=1S/C17H25NO/c1-16(2)7-8-17(3,4)14-10-15(18(5)6)12(11-19)9-13(14)16/h9-11H,7-8H2,1-6H3. The molecule has 0 atom stereocenters. The lowest BCUT2D eigenvalue weighted by Crippen LogP contribution is -2.34. The van der Waals surface area contributed by atoms with E-state index >= 15 is 0 Å². The van der Waals surface area contributed by atoms with Crippen molar-refractivity contribution in [3.05, 3.63) is 28.8 Å². The molecule has 1 aromatic carbocycles. The van der Waals surface area contributed by atoms with E-state index in [0.29, 0.717) is 0 Å². The van der Waals surface area contributed by atoms with Crippen LogP contribution in [-0.2, 0) is 10.8 Å². The van der Waals surface area contributed by atoms with Gasteiger partial charge in [-0.05, 0) is 46.9 Å². The van der Waals surface area contributed by atoms with Gasteiger partial charge >= 0.3 is 0 Å². The summed E-state index contributed by atoms with van der Waals surface area (Å²) in [6.45, 7) is 9.18. The molecular formula is C17H25NO. The van der Waals surface area contributed by atoms with Crippen LogP contribution < -0.4 is 4.90 Å². The minimum atomic E-state index is 0.160. The Hall–Kier alpha value is -1.31. The van der Waals surface area contributed by atoms with E-state index in [-0.39, 0.29) is 10.8 Å². The number of hydrogen-bond acceptors (Lipinski definition) is 2. The first-order valence-electron chi connectivity index (χ1n) is 7.00. The molecule has 104 valence electrons. The second-order valence-electron chi connectivity index (χ2n) is 7.24. The van der Waals surface area contributed by atoms with Gasteiger partial charge in [0.15, 0.2) is 6.29 Å². The van der Waals surface area contributed by atoms with Crippen LogP contribution in [0.2, 0.25) is 0 Å². The zero-order valence-corrected chi connectivity index (χ0v) is 13.0. The van der Waals surface area contributed by atoms with Gasteiger partial charge in [0.2, 0.25) is 0 Å².